The van der Waals surface area contributed by atoms with E-state index in [1.54, 1.807) is 4.90 Å². The Morgan fingerprint density at radius 3 is 2.81 bits per heavy atom. The molecule has 1 aliphatic rings. The zero-order valence-electron chi connectivity index (χ0n) is 12.0. The van der Waals surface area contributed by atoms with Crippen LogP contribution in [0.2, 0.25) is 0 Å². The minimum Gasteiger partial charge on any atom is -0.338 e. The number of nitrogens with one attached hydrogen (secondary N) is 2. The molecule has 0 spiro atoms. The van der Waals surface area contributed by atoms with Gasteiger partial charge in [-0.15, -0.1) is 12.4 Å². The number of carbonyl (C=O) groups excluding carboxylic acids is 2. The first-order valence-electron chi connectivity index (χ1n) is 6.84. The molecular weight excluding hydrogens is 292 g/mol. The highest BCUT2D eigenvalue weighted by Gasteiger charge is 2.24. The third kappa shape index (κ3) is 4.09. The molecule has 0 radical (unpaired) electrons. The maximum absolute atomic E-state index is 12.0. The number of nitrogens with zero attached hydrogens (tertiary/aromatic N) is 1. The molecule has 1 aromatic rings. The Morgan fingerprint density at radius 1 is 1.38 bits per heavy atom. The van der Waals surface area contributed by atoms with Gasteiger partial charge in [0.2, 0.25) is 5.91 Å². The van der Waals surface area contributed by atoms with Crippen LogP contribution in [0, 0.1) is 0 Å². The average molecular weight is 313 g/mol. The van der Waals surface area contributed by atoms with E-state index in [1.807, 2.05) is 25.1 Å². The molecule has 0 aliphatic carbocycles. The third-order valence-corrected chi connectivity index (χ3v) is 3.21. The minimum atomic E-state index is -0.116. The van der Waals surface area contributed by atoms with Gasteiger partial charge in [-0.1, -0.05) is 6.07 Å². The van der Waals surface area contributed by atoms with Crippen LogP contribution in [0.25, 0.3) is 0 Å². The number of hydrogen-bond donors (Lipinski definition) is 3. The normalized spacial score (nSPS) is 12.4. The fourth-order valence-electron chi connectivity index (χ4n) is 2.27. The van der Waals surface area contributed by atoms with E-state index < -0.39 is 0 Å². The number of nitrogens with two attached hydrogens (primary N) is 1. The summed E-state index contributed by atoms with van der Waals surface area (Å²) in [6.07, 6.45) is 1.13. The number of rotatable bonds is 4. The van der Waals surface area contributed by atoms with E-state index in [4.69, 9.17) is 5.73 Å². The predicted molar refractivity (Wildman–Crippen MR) is 86.1 cm³/mol. The lowest BCUT2D eigenvalue weighted by Gasteiger charge is -2.18. The Kier molecular flexibility index (Phi) is 6.45. The zero-order valence-corrected chi connectivity index (χ0v) is 12.8. The molecule has 7 heteroatoms. The quantitative estimate of drug-likeness (QED) is 0.787. The summed E-state index contributed by atoms with van der Waals surface area (Å²) >= 11 is 0. The molecule has 0 saturated heterocycles. The molecule has 0 bridgehead atoms. The largest absolute Gasteiger partial charge is 0.338 e. The van der Waals surface area contributed by atoms with Crippen molar-refractivity contribution in [3.05, 3.63) is 23.8 Å². The van der Waals surface area contributed by atoms with Crippen molar-refractivity contribution in [3.63, 3.8) is 0 Å². The van der Waals surface area contributed by atoms with Crippen LogP contribution in [0.1, 0.15) is 18.9 Å². The Bertz CT molecular complexity index is 522. The van der Waals surface area contributed by atoms with Gasteiger partial charge >= 0.3 is 6.03 Å². The smallest absolute Gasteiger partial charge is 0.321 e. The molecule has 0 unspecified atom stereocenters. The van der Waals surface area contributed by atoms with Gasteiger partial charge in [-0.2, -0.15) is 0 Å². The zero-order chi connectivity index (χ0) is 14.5. The van der Waals surface area contributed by atoms with Crippen LogP contribution in [0.3, 0.4) is 0 Å². The van der Waals surface area contributed by atoms with Crippen molar-refractivity contribution in [3.8, 4) is 0 Å². The Morgan fingerprint density at radius 2 is 2.14 bits per heavy atom. The fourth-order valence-corrected chi connectivity index (χ4v) is 2.27. The monoisotopic (exact) mass is 312 g/mol. The van der Waals surface area contributed by atoms with Crippen molar-refractivity contribution in [1.29, 1.82) is 0 Å². The van der Waals surface area contributed by atoms with Crippen molar-refractivity contribution in [2.45, 2.75) is 19.8 Å². The molecule has 0 atom stereocenters. The second-order valence-corrected chi connectivity index (χ2v) is 4.67. The standard InChI is InChI=1S/C14H20N4O2.ClH/c1-2-16-14(20)18-8-6-10-3-4-11(9-12(10)18)17-13(19)5-7-15;/h3-4,9H,2,5-8,15H2,1H3,(H,16,20)(H,17,19);1H. The molecule has 1 heterocycles. The van der Waals surface area contributed by atoms with Gasteiger partial charge < -0.3 is 16.4 Å². The van der Waals surface area contributed by atoms with Gasteiger partial charge in [0.25, 0.3) is 0 Å². The van der Waals surface area contributed by atoms with Crippen LogP contribution < -0.4 is 21.3 Å². The van der Waals surface area contributed by atoms with Gasteiger partial charge in [0.15, 0.2) is 0 Å². The topological polar surface area (TPSA) is 87.5 Å². The summed E-state index contributed by atoms with van der Waals surface area (Å²) in [4.78, 5) is 25.2. The minimum absolute atomic E-state index is 0. The second-order valence-electron chi connectivity index (χ2n) is 4.67. The van der Waals surface area contributed by atoms with E-state index in [0.717, 1.165) is 17.7 Å². The molecule has 116 valence electrons. The van der Waals surface area contributed by atoms with E-state index in [-0.39, 0.29) is 30.8 Å². The number of urea groups is 1. The maximum Gasteiger partial charge on any atom is 0.321 e. The Labute approximate surface area is 130 Å². The van der Waals surface area contributed by atoms with E-state index in [1.165, 1.54) is 0 Å². The van der Waals surface area contributed by atoms with Crippen LogP contribution in [-0.2, 0) is 11.2 Å². The van der Waals surface area contributed by atoms with E-state index in [2.05, 4.69) is 10.6 Å². The number of amides is 3. The van der Waals surface area contributed by atoms with Crippen molar-refractivity contribution in [1.82, 2.24) is 5.32 Å². The summed E-state index contributed by atoms with van der Waals surface area (Å²) < 4.78 is 0. The second kappa shape index (κ2) is 7.85. The molecule has 2 rings (SSSR count). The van der Waals surface area contributed by atoms with Gasteiger partial charge in [0.1, 0.15) is 0 Å². The van der Waals surface area contributed by atoms with Crippen molar-refractivity contribution < 1.29 is 9.59 Å². The van der Waals surface area contributed by atoms with Crippen LogP contribution in [0.4, 0.5) is 16.2 Å². The highest BCUT2D eigenvalue weighted by Crippen LogP contribution is 2.30. The van der Waals surface area contributed by atoms with Crippen molar-refractivity contribution >= 4 is 35.7 Å². The summed E-state index contributed by atoms with van der Waals surface area (Å²) in [6, 6.07) is 5.55. The van der Waals surface area contributed by atoms with Crippen molar-refractivity contribution in [2.75, 3.05) is 29.9 Å². The highest BCUT2D eigenvalue weighted by molar-refractivity contribution is 5.96. The van der Waals surface area contributed by atoms with Gasteiger partial charge in [-0.25, -0.2) is 4.79 Å². The predicted octanol–water partition coefficient (Wildman–Crippen LogP) is 1.49. The summed E-state index contributed by atoms with van der Waals surface area (Å²) in [7, 11) is 0. The number of carbonyl (C=O) groups is 2. The molecule has 4 N–H and O–H groups in total. The molecule has 6 nitrogen and oxygen atoms in total. The van der Waals surface area contributed by atoms with Gasteiger partial charge in [0.05, 0.1) is 5.69 Å². The number of benzene rings is 1. The first-order chi connectivity index (χ1) is 9.65. The van der Waals surface area contributed by atoms with Crippen LogP contribution in [0.15, 0.2) is 18.2 Å². The average Bonchev–Trinajstić information content (AvgIpc) is 2.82. The molecule has 0 aromatic heterocycles. The Balaban J connectivity index is 0.00000220. The van der Waals surface area contributed by atoms with Crippen LogP contribution >= 0.6 is 12.4 Å². The highest BCUT2D eigenvalue weighted by atomic mass is 35.5. The third-order valence-electron chi connectivity index (χ3n) is 3.21. The number of anilines is 2. The lowest BCUT2D eigenvalue weighted by atomic mass is 10.1. The first kappa shape index (κ1) is 17.3. The number of hydrogen-bond acceptors (Lipinski definition) is 3. The molecule has 21 heavy (non-hydrogen) atoms. The summed E-state index contributed by atoms with van der Waals surface area (Å²) in [6.45, 7) is 3.47. The lowest BCUT2D eigenvalue weighted by molar-refractivity contribution is -0.116. The maximum atomic E-state index is 12.0. The van der Waals surface area contributed by atoms with Gasteiger partial charge in [0, 0.05) is 31.7 Å². The summed E-state index contributed by atoms with van der Waals surface area (Å²) in [5.74, 6) is -0.116. The molecular formula is C14H21ClN4O2. The van der Waals surface area contributed by atoms with Gasteiger partial charge in [-0.05, 0) is 31.0 Å². The van der Waals surface area contributed by atoms with Crippen LogP contribution in [0.5, 0.6) is 0 Å². The number of fused-ring (bicyclic) bond motifs is 1. The van der Waals surface area contributed by atoms with E-state index in [0.29, 0.717) is 25.3 Å². The van der Waals surface area contributed by atoms with Gasteiger partial charge in [-0.3, -0.25) is 9.69 Å². The molecule has 3 amide bonds. The summed E-state index contributed by atoms with van der Waals surface area (Å²) in [5.41, 5.74) is 8.02. The van der Waals surface area contributed by atoms with Crippen molar-refractivity contribution in [2.24, 2.45) is 5.73 Å². The molecule has 1 aliphatic heterocycles. The molecule has 0 fully saturated rings. The lowest BCUT2D eigenvalue weighted by Crippen LogP contribution is -2.38. The van der Waals surface area contributed by atoms with E-state index >= 15 is 0 Å². The van der Waals surface area contributed by atoms with Crippen LogP contribution in [-0.4, -0.2) is 31.6 Å². The Hall–Kier alpha value is -1.79. The fraction of sp³-hybridized carbons (Fsp3) is 0.429. The molecule has 1 aromatic carbocycles. The van der Waals surface area contributed by atoms with E-state index in [9.17, 15) is 9.59 Å². The SMILES string of the molecule is CCNC(=O)N1CCc2ccc(NC(=O)CCN)cc21.Cl. The summed E-state index contributed by atoms with van der Waals surface area (Å²) in [5, 5.41) is 5.58. The first-order valence-corrected chi connectivity index (χ1v) is 6.84. The number of halogens is 1. The molecule has 0 saturated carbocycles.